The Morgan fingerprint density at radius 3 is 1.42 bits per heavy atom. The molecule has 0 saturated carbocycles. The van der Waals surface area contributed by atoms with Gasteiger partial charge in [0.1, 0.15) is 5.76 Å². The fraction of sp³-hybridized carbons (Fsp3) is 0.722. The highest BCUT2D eigenvalue weighted by atomic mass is 79.9. The molecule has 8 rings (SSSR count). The second kappa shape index (κ2) is 17.6. The predicted octanol–water partition coefficient (Wildman–Crippen LogP) is 1.23. The smallest absolute Gasteiger partial charge is 0.481 e. The van der Waals surface area contributed by atoms with E-state index in [9.17, 15) is 33.9 Å². The number of likely N-dealkylation sites (N-methyl/N-ethyl adjacent to an activating group) is 2. The van der Waals surface area contributed by atoms with Crippen molar-refractivity contribution >= 4 is 39.7 Å². The maximum Gasteiger partial charge on any atom is 0.519 e. The highest BCUT2D eigenvalue weighted by molar-refractivity contribution is 9.08. The van der Waals surface area contributed by atoms with Crippen molar-refractivity contribution in [2.75, 3.05) is 66.5 Å². The second-order valence-electron chi connectivity index (χ2n) is 14.9. The largest absolute Gasteiger partial charge is 0.519 e. The van der Waals surface area contributed by atoms with Crippen LogP contribution in [0.2, 0.25) is 0 Å². The normalized spacial score (nSPS) is 30.1. The zero-order valence-corrected chi connectivity index (χ0v) is 33.0. The number of aliphatic carboxylic acids is 1. The van der Waals surface area contributed by atoms with E-state index in [1.165, 1.54) is 0 Å². The van der Waals surface area contributed by atoms with Crippen LogP contribution >= 0.6 is 15.9 Å². The number of rotatable bonds is 7. The average Bonchev–Trinajstić information content (AvgIpc) is 4.03. The van der Waals surface area contributed by atoms with Crippen molar-refractivity contribution in [2.45, 2.75) is 75.9 Å². The first-order valence-electron chi connectivity index (χ1n) is 18.7. The third-order valence-corrected chi connectivity index (χ3v) is 12.0. The van der Waals surface area contributed by atoms with Crippen LogP contribution in [0.15, 0.2) is 27.3 Å². The number of carboxylic acid groups (broad SMARTS) is 1. The number of carbonyl (C=O) groups is 4. The van der Waals surface area contributed by atoms with Crippen molar-refractivity contribution in [3.8, 4) is 0 Å². The minimum atomic E-state index is -0.889. The first kappa shape index (κ1) is 40.9. The zero-order chi connectivity index (χ0) is 39.6. The molecule has 6 aliphatic rings. The van der Waals surface area contributed by atoms with Crippen LogP contribution in [0.25, 0.3) is 0 Å². The first-order chi connectivity index (χ1) is 26.2. The molecule has 8 unspecified atom stereocenters. The Bertz CT molecular complexity index is 1800. The summed E-state index contributed by atoms with van der Waals surface area (Å²) in [7, 11) is 4.06. The van der Waals surface area contributed by atoms with Gasteiger partial charge in [-0.15, -0.1) is 0 Å². The summed E-state index contributed by atoms with van der Waals surface area (Å²) in [6, 6.07) is 0. The van der Waals surface area contributed by atoms with Gasteiger partial charge in [-0.05, 0) is 53.6 Å². The minimum Gasteiger partial charge on any atom is -0.481 e. The number of carbonyl (C=O) groups excluding carboxylic acids is 3. The third-order valence-electron chi connectivity index (χ3n) is 11.4. The Morgan fingerprint density at radius 2 is 1.04 bits per heavy atom. The van der Waals surface area contributed by atoms with Crippen LogP contribution in [-0.4, -0.2) is 139 Å². The summed E-state index contributed by atoms with van der Waals surface area (Å²) in [4.78, 5) is 79.2. The summed E-state index contributed by atoms with van der Waals surface area (Å²) < 4.78 is 35.7. The molecule has 0 spiro atoms. The molecule has 0 aliphatic carbocycles. The molecule has 2 aromatic heterocycles. The van der Waals surface area contributed by atoms with E-state index >= 15 is 0 Å². The molecule has 2 amide bonds. The van der Waals surface area contributed by atoms with E-state index < -0.39 is 47.3 Å². The maximum absolute atomic E-state index is 13.1. The second-order valence-corrected chi connectivity index (χ2v) is 15.4. The number of esters is 1. The number of aryl methyl sites for hydroxylation is 2. The first-order valence-corrected chi connectivity index (χ1v) is 19.8. The van der Waals surface area contributed by atoms with Crippen LogP contribution in [-0.2, 0) is 45.3 Å². The van der Waals surface area contributed by atoms with Gasteiger partial charge in [-0.25, -0.2) is 9.59 Å². The Balaban J connectivity index is 0.000000159. The number of piperazine rings is 2. The topological polar surface area (TPSA) is 216 Å². The lowest BCUT2D eigenvalue weighted by atomic mass is 9.78. The molecule has 0 aromatic carbocycles. The van der Waals surface area contributed by atoms with Gasteiger partial charge in [0.05, 0.1) is 53.4 Å². The quantitative estimate of drug-likeness (QED) is 0.306. The molecule has 6 aliphatic heterocycles. The van der Waals surface area contributed by atoms with Crippen molar-refractivity contribution < 1.29 is 56.2 Å². The monoisotopic (exact) mass is 840 g/mol. The highest BCUT2D eigenvalue weighted by Crippen LogP contribution is 2.46. The van der Waals surface area contributed by atoms with Crippen molar-refractivity contribution in [2.24, 2.45) is 23.7 Å². The number of amides is 2. The number of nitrogens with zero attached hydrogens (tertiary/aromatic N) is 4. The van der Waals surface area contributed by atoms with Crippen molar-refractivity contribution in [3.63, 3.8) is 0 Å². The van der Waals surface area contributed by atoms with Gasteiger partial charge in [0.25, 0.3) is 0 Å². The SMILES string of the molecule is CN1CCN(C(=O)C2C3CCC(O3)C2C(=O)O)CC1.Cc1oc(=O)oc1CBr.Cc1oc(=O)oc1COC(=O)C1C2CCC(O2)C1C(=O)N1CCN(C)CC1. The van der Waals surface area contributed by atoms with Crippen LogP contribution in [0.5, 0.6) is 0 Å². The van der Waals surface area contributed by atoms with Gasteiger partial charge in [0.15, 0.2) is 23.9 Å². The Kier molecular flexibility index (Phi) is 13.1. The molecule has 18 nitrogen and oxygen atoms in total. The molecule has 4 bridgehead atoms. The lowest BCUT2D eigenvalue weighted by Crippen LogP contribution is -2.52. The number of halogens is 1. The van der Waals surface area contributed by atoms with E-state index in [-0.39, 0.29) is 54.4 Å². The molecule has 6 fully saturated rings. The van der Waals surface area contributed by atoms with Gasteiger partial charge in [-0.1, -0.05) is 15.9 Å². The third kappa shape index (κ3) is 9.11. The lowest BCUT2D eigenvalue weighted by molar-refractivity contribution is -0.158. The molecule has 2 aromatic rings. The van der Waals surface area contributed by atoms with Crippen molar-refractivity contribution in [1.29, 1.82) is 0 Å². The van der Waals surface area contributed by atoms with Gasteiger partial charge in [-0.3, -0.25) is 19.2 Å². The van der Waals surface area contributed by atoms with Crippen LogP contribution < -0.4 is 11.6 Å². The molecular formula is C36H49BrN4O14. The molecule has 8 heterocycles. The van der Waals surface area contributed by atoms with Crippen molar-refractivity contribution in [1.82, 2.24) is 19.6 Å². The molecule has 6 saturated heterocycles. The standard InChI is InChI=1S/C18H24N2O7.C13H20N2O4.C5H5BrO3/c1-10-13(27-18(23)25-10)9-24-17(22)15-12-4-3-11(26-12)14(15)16(21)20-7-5-19(2)6-8-20;1-14-4-6-15(7-5-14)12(16)10-8-2-3-9(19-8)11(10)13(17)18;1-3-4(2-6)9-5(7)8-3/h11-12,14-15H,3-9H2,1-2H3;8-11H,2-7H2,1H3,(H,17,18);2H2,1H3. The van der Waals surface area contributed by atoms with E-state index in [0.717, 1.165) is 51.9 Å². The number of fused-ring (bicyclic) bond motifs is 4. The fourth-order valence-corrected chi connectivity index (χ4v) is 8.82. The van der Waals surface area contributed by atoms with Gasteiger partial charge < -0.3 is 56.6 Å². The summed E-state index contributed by atoms with van der Waals surface area (Å²) in [5.74, 6) is -3.57. The fourth-order valence-electron chi connectivity index (χ4n) is 8.31. The number of hydrogen-bond acceptors (Lipinski definition) is 15. The zero-order valence-electron chi connectivity index (χ0n) is 31.4. The molecule has 0 radical (unpaired) electrons. The molecule has 55 heavy (non-hydrogen) atoms. The molecular weight excluding hydrogens is 792 g/mol. The molecule has 1 N–H and O–H groups in total. The van der Waals surface area contributed by atoms with Crippen LogP contribution in [0.1, 0.15) is 48.7 Å². The van der Waals surface area contributed by atoms with Crippen LogP contribution in [0.3, 0.4) is 0 Å². The summed E-state index contributed by atoms with van der Waals surface area (Å²) >= 11 is 3.13. The summed E-state index contributed by atoms with van der Waals surface area (Å²) in [5.41, 5.74) is 0. The van der Waals surface area contributed by atoms with Crippen molar-refractivity contribution in [3.05, 3.63) is 44.3 Å². The van der Waals surface area contributed by atoms with Gasteiger partial charge in [0.2, 0.25) is 11.8 Å². The van der Waals surface area contributed by atoms with E-state index in [1.54, 1.807) is 13.8 Å². The Morgan fingerprint density at radius 1 is 0.636 bits per heavy atom. The summed E-state index contributed by atoms with van der Waals surface area (Å²) in [6.45, 7) is 9.09. The van der Waals surface area contributed by atoms with Crippen LogP contribution in [0.4, 0.5) is 0 Å². The van der Waals surface area contributed by atoms with Gasteiger partial charge >= 0.3 is 23.6 Å². The predicted molar refractivity (Wildman–Crippen MR) is 192 cm³/mol. The molecule has 304 valence electrons. The number of hydrogen-bond donors (Lipinski definition) is 1. The van der Waals surface area contributed by atoms with Gasteiger partial charge in [-0.2, -0.15) is 0 Å². The van der Waals surface area contributed by atoms with E-state index in [1.807, 2.05) is 23.9 Å². The van der Waals surface area contributed by atoms with E-state index in [2.05, 4.69) is 34.6 Å². The number of ether oxygens (including phenoxy) is 3. The maximum atomic E-state index is 13.1. The number of alkyl halides is 1. The summed E-state index contributed by atoms with van der Waals surface area (Å²) in [5, 5.41) is 9.85. The number of carboxylic acids is 1. The van der Waals surface area contributed by atoms with Crippen LogP contribution in [0, 0.1) is 37.5 Å². The Hall–Kier alpha value is -3.78. The van der Waals surface area contributed by atoms with E-state index in [4.69, 9.17) is 23.0 Å². The van der Waals surface area contributed by atoms with E-state index in [0.29, 0.717) is 43.0 Å². The summed E-state index contributed by atoms with van der Waals surface area (Å²) in [6.07, 6.45) is 2.16. The molecule has 8 atom stereocenters. The molecule has 19 heteroatoms. The lowest BCUT2D eigenvalue weighted by Gasteiger charge is -2.36. The van der Waals surface area contributed by atoms with Gasteiger partial charge in [0, 0.05) is 52.4 Å². The Labute approximate surface area is 325 Å². The highest BCUT2D eigenvalue weighted by Gasteiger charge is 2.58. The minimum absolute atomic E-state index is 0.0206. The average molecular weight is 842 g/mol.